The van der Waals surface area contributed by atoms with E-state index in [2.05, 4.69) is 10.3 Å². The van der Waals surface area contributed by atoms with Crippen molar-refractivity contribution >= 4 is 17.5 Å². The average Bonchev–Trinajstić information content (AvgIpc) is 2.36. The molecule has 0 aliphatic heterocycles. The third-order valence-electron chi connectivity index (χ3n) is 1.16. The van der Waals surface area contributed by atoms with Crippen LogP contribution in [0.5, 0.6) is 0 Å². The van der Waals surface area contributed by atoms with Gasteiger partial charge in [0.05, 0.1) is 11.9 Å². The number of carbonyl (C=O) groups is 1. The van der Waals surface area contributed by atoms with Crippen LogP contribution in [-0.2, 0) is 7.05 Å². The summed E-state index contributed by atoms with van der Waals surface area (Å²) in [5.41, 5.74) is 0.446. The minimum Gasteiger partial charge on any atom is -0.291 e. The molecule has 0 atom stereocenters. The highest BCUT2D eigenvalue weighted by atomic mass is 32.2. The lowest BCUT2D eigenvalue weighted by atomic mass is 10.3. The fourth-order valence-electron chi connectivity index (χ4n) is 0.680. The molecule has 11 heavy (non-hydrogen) atoms. The molecule has 1 aromatic rings. The van der Waals surface area contributed by atoms with Gasteiger partial charge < -0.3 is 0 Å². The van der Waals surface area contributed by atoms with Gasteiger partial charge in [0, 0.05) is 7.05 Å². The number of rotatable bonds is 3. The molecule has 0 saturated carbocycles. The largest absolute Gasteiger partial charge is 0.291 e. The van der Waals surface area contributed by atoms with E-state index in [1.807, 2.05) is 6.26 Å². The van der Waals surface area contributed by atoms with Crippen LogP contribution in [0.4, 0.5) is 0 Å². The number of hydrogen-bond acceptors (Lipinski definition) is 4. The van der Waals surface area contributed by atoms with Crippen molar-refractivity contribution in [3.05, 3.63) is 11.9 Å². The minimum atomic E-state index is 0.0330. The Labute approximate surface area is 69.0 Å². The van der Waals surface area contributed by atoms with Crippen molar-refractivity contribution in [2.45, 2.75) is 0 Å². The molecular formula is C6H9N3OS. The standard InChI is InChI=1S/C6H9N3OS/c1-9-3-5(7-8-9)6(10)4-11-2/h3H,4H2,1-2H3. The molecule has 0 aliphatic rings. The Morgan fingerprint density at radius 1 is 1.82 bits per heavy atom. The summed E-state index contributed by atoms with van der Waals surface area (Å²) in [6, 6.07) is 0. The van der Waals surface area contributed by atoms with E-state index in [1.54, 1.807) is 13.2 Å². The Balaban J connectivity index is 2.69. The van der Waals surface area contributed by atoms with Gasteiger partial charge in [-0.2, -0.15) is 11.8 Å². The highest BCUT2D eigenvalue weighted by Crippen LogP contribution is 1.99. The molecule has 0 unspecified atom stereocenters. The summed E-state index contributed by atoms with van der Waals surface area (Å²) in [4.78, 5) is 11.1. The maximum atomic E-state index is 11.1. The highest BCUT2D eigenvalue weighted by molar-refractivity contribution is 7.99. The first-order valence-electron chi connectivity index (χ1n) is 3.12. The Morgan fingerprint density at radius 2 is 2.55 bits per heavy atom. The molecule has 1 heterocycles. The summed E-state index contributed by atoms with van der Waals surface area (Å²) >= 11 is 1.49. The summed E-state index contributed by atoms with van der Waals surface area (Å²) < 4.78 is 1.52. The zero-order valence-corrected chi connectivity index (χ0v) is 7.26. The second-order valence-corrected chi connectivity index (χ2v) is 3.00. The Hall–Kier alpha value is -0.840. The maximum Gasteiger partial charge on any atom is 0.194 e. The Morgan fingerprint density at radius 3 is 3.00 bits per heavy atom. The van der Waals surface area contributed by atoms with Crippen LogP contribution in [0.15, 0.2) is 6.20 Å². The molecule has 1 aromatic heterocycles. The average molecular weight is 171 g/mol. The molecular weight excluding hydrogens is 162 g/mol. The molecule has 0 fully saturated rings. The van der Waals surface area contributed by atoms with E-state index in [4.69, 9.17) is 0 Å². The molecule has 5 heteroatoms. The molecule has 60 valence electrons. The summed E-state index contributed by atoms with van der Waals surface area (Å²) in [7, 11) is 1.74. The van der Waals surface area contributed by atoms with Crippen LogP contribution in [0.25, 0.3) is 0 Å². The number of carbonyl (C=O) groups excluding carboxylic acids is 1. The third-order valence-corrected chi connectivity index (χ3v) is 1.71. The number of ketones is 1. The van der Waals surface area contributed by atoms with Gasteiger partial charge in [-0.15, -0.1) is 5.10 Å². The van der Waals surface area contributed by atoms with Crippen LogP contribution >= 0.6 is 11.8 Å². The third kappa shape index (κ3) is 2.04. The summed E-state index contributed by atoms with van der Waals surface area (Å²) in [5, 5.41) is 7.34. The van der Waals surface area contributed by atoms with E-state index in [1.165, 1.54) is 16.4 Å². The number of hydrogen-bond donors (Lipinski definition) is 0. The minimum absolute atomic E-state index is 0.0330. The van der Waals surface area contributed by atoms with E-state index in [0.717, 1.165) is 0 Å². The molecule has 0 aromatic carbocycles. The van der Waals surface area contributed by atoms with Crippen molar-refractivity contribution in [3.63, 3.8) is 0 Å². The van der Waals surface area contributed by atoms with E-state index in [0.29, 0.717) is 11.4 Å². The SMILES string of the molecule is CSCC(=O)c1cn(C)nn1. The number of aryl methyl sites for hydroxylation is 1. The van der Waals surface area contributed by atoms with Crippen molar-refractivity contribution in [1.29, 1.82) is 0 Å². The van der Waals surface area contributed by atoms with Crippen molar-refractivity contribution in [1.82, 2.24) is 15.0 Å². The first kappa shape index (κ1) is 8.26. The first-order chi connectivity index (χ1) is 5.24. The van der Waals surface area contributed by atoms with E-state index >= 15 is 0 Å². The topological polar surface area (TPSA) is 47.8 Å². The van der Waals surface area contributed by atoms with Gasteiger partial charge in [-0.05, 0) is 6.26 Å². The van der Waals surface area contributed by atoms with E-state index in [-0.39, 0.29) is 5.78 Å². The van der Waals surface area contributed by atoms with Crippen LogP contribution in [0.2, 0.25) is 0 Å². The van der Waals surface area contributed by atoms with Gasteiger partial charge in [0.1, 0.15) is 5.69 Å². The maximum absolute atomic E-state index is 11.1. The number of thioether (sulfide) groups is 1. The Kier molecular flexibility index (Phi) is 2.64. The zero-order valence-electron chi connectivity index (χ0n) is 6.44. The van der Waals surface area contributed by atoms with E-state index in [9.17, 15) is 4.79 Å². The summed E-state index contributed by atoms with van der Waals surface area (Å²) in [6.07, 6.45) is 3.51. The molecule has 4 nitrogen and oxygen atoms in total. The van der Waals surface area contributed by atoms with E-state index < -0.39 is 0 Å². The van der Waals surface area contributed by atoms with Crippen molar-refractivity contribution in [3.8, 4) is 0 Å². The molecule has 0 amide bonds. The predicted octanol–water partition coefficient (Wildman–Crippen LogP) is 0.361. The normalized spacial score (nSPS) is 10.0. The quantitative estimate of drug-likeness (QED) is 0.616. The smallest absolute Gasteiger partial charge is 0.194 e. The lowest BCUT2D eigenvalue weighted by Gasteiger charge is -1.88. The van der Waals surface area contributed by atoms with Crippen LogP contribution < -0.4 is 0 Å². The predicted molar refractivity (Wildman–Crippen MR) is 43.7 cm³/mol. The fraction of sp³-hybridized carbons (Fsp3) is 0.500. The lowest BCUT2D eigenvalue weighted by Crippen LogP contribution is -2.02. The fourth-order valence-corrected chi connectivity index (χ4v) is 1.09. The Bertz CT molecular complexity index is 258. The van der Waals surface area contributed by atoms with Gasteiger partial charge >= 0.3 is 0 Å². The van der Waals surface area contributed by atoms with Gasteiger partial charge in [0.15, 0.2) is 5.78 Å². The van der Waals surface area contributed by atoms with Crippen LogP contribution in [0.3, 0.4) is 0 Å². The number of Topliss-reactive ketones (excluding diaryl/α,β-unsaturated/α-hetero) is 1. The zero-order chi connectivity index (χ0) is 8.27. The number of aromatic nitrogens is 3. The van der Waals surface area contributed by atoms with Crippen LogP contribution in [0.1, 0.15) is 10.5 Å². The summed E-state index contributed by atoms with van der Waals surface area (Å²) in [6.45, 7) is 0. The molecule has 0 N–H and O–H groups in total. The molecule has 0 saturated heterocycles. The lowest BCUT2D eigenvalue weighted by molar-refractivity contribution is 0.101. The van der Waals surface area contributed by atoms with Crippen LogP contribution in [-0.4, -0.2) is 32.8 Å². The molecule has 0 bridgehead atoms. The van der Waals surface area contributed by atoms with Crippen molar-refractivity contribution in [2.75, 3.05) is 12.0 Å². The highest BCUT2D eigenvalue weighted by Gasteiger charge is 2.07. The monoisotopic (exact) mass is 171 g/mol. The molecule has 1 rings (SSSR count). The van der Waals surface area contributed by atoms with Gasteiger partial charge in [-0.3, -0.25) is 9.48 Å². The molecule has 0 spiro atoms. The van der Waals surface area contributed by atoms with Gasteiger partial charge in [0.25, 0.3) is 0 Å². The second kappa shape index (κ2) is 3.52. The van der Waals surface area contributed by atoms with Crippen molar-refractivity contribution < 1.29 is 4.79 Å². The first-order valence-corrected chi connectivity index (χ1v) is 4.52. The second-order valence-electron chi connectivity index (χ2n) is 2.13. The summed E-state index contributed by atoms with van der Waals surface area (Å²) in [5.74, 6) is 0.504. The molecule has 0 aliphatic carbocycles. The number of nitrogens with zero attached hydrogens (tertiary/aromatic N) is 3. The van der Waals surface area contributed by atoms with Gasteiger partial charge in [0.2, 0.25) is 0 Å². The van der Waals surface area contributed by atoms with Crippen molar-refractivity contribution in [2.24, 2.45) is 7.05 Å². The van der Waals surface area contributed by atoms with Crippen LogP contribution in [0, 0.1) is 0 Å². The van der Waals surface area contributed by atoms with Gasteiger partial charge in [-0.25, -0.2) is 0 Å². The van der Waals surface area contributed by atoms with Gasteiger partial charge in [-0.1, -0.05) is 5.21 Å². The molecule has 0 radical (unpaired) electrons.